The first-order valence-corrected chi connectivity index (χ1v) is 7.26. The molecule has 0 spiro atoms. The van der Waals surface area contributed by atoms with Crippen molar-refractivity contribution in [3.63, 3.8) is 0 Å². The highest BCUT2D eigenvalue weighted by molar-refractivity contribution is 5.61. The van der Waals surface area contributed by atoms with E-state index >= 15 is 0 Å². The third kappa shape index (κ3) is 2.25. The molecular weight excluding hydrogens is 262 g/mol. The van der Waals surface area contributed by atoms with Crippen molar-refractivity contribution in [3.05, 3.63) is 59.5 Å². The van der Waals surface area contributed by atoms with Gasteiger partial charge in [0.05, 0.1) is 6.54 Å². The minimum atomic E-state index is 0.703. The van der Waals surface area contributed by atoms with Crippen molar-refractivity contribution < 1.29 is 0 Å². The van der Waals surface area contributed by atoms with Crippen LogP contribution in [0.2, 0.25) is 0 Å². The molecule has 5 heteroatoms. The van der Waals surface area contributed by atoms with Crippen LogP contribution in [0.25, 0.3) is 5.65 Å². The first-order valence-electron chi connectivity index (χ1n) is 7.26. The Hall–Kier alpha value is -2.40. The predicted molar refractivity (Wildman–Crippen MR) is 82.2 cm³/mol. The number of rotatable bonds is 4. The first-order chi connectivity index (χ1) is 10.4. The van der Waals surface area contributed by atoms with Crippen LogP contribution >= 0.6 is 0 Å². The van der Waals surface area contributed by atoms with Gasteiger partial charge in [-0.15, -0.1) is 10.2 Å². The SMILES string of the molecule is c1cc2c(c(CNCc3nnc4ccccn34)c1)NCC2. The maximum Gasteiger partial charge on any atom is 0.160 e. The molecule has 0 aliphatic carbocycles. The van der Waals surface area contributed by atoms with Crippen molar-refractivity contribution in [2.45, 2.75) is 19.5 Å². The lowest BCUT2D eigenvalue weighted by atomic mass is 10.1. The number of nitrogens with one attached hydrogen (secondary N) is 2. The number of para-hydroxylation sites is 1. The summed E-state index contributed by atoms with van der Waals surface area (Å²) in [7, 11) is 0. The zero-order chi connectivity index (χ0) is 14.1. The number of pyridine rings is 1. The molecule has 0 saturated heterocycles. The quantitative estimate of drug-likeness (QED) is 0.767. The van der Waals surface area contributed by atoms with Crippen LogP contribution < -0.4 is 10.6 Å². The maximum atomic E-state index is 4.23. The summed E-state index contributed by atoms with van der Waals surface area (Å²) in [6, 6.07) is 12.4. The topological polar surface area (TPSA) is 54.2 Å². The normalized spacial score (nSPS) is 13.3. The maximum absolute atomic E-state index is 4.23. The van der Waals surface area contributed by atoms with Crippen LogP contribution in [0.15, 0.2) is 42.6 Å². The molecule has 0 unspecified atom stereocenters. The number of nitrogens with zero attached hydrogens (tertiary/aromatic N) is 3. The fraction of sp³-hybridized carbons (Fsp3) is 0.250. The summed E-state index contributed by atoms with van der Waals surface area (Å²) in [6.07, 6.45) is 3.12. The van der Waals surface area contributed by atoms with Gasteiger partial charge in [-0.05, 0) is 29.7 Å². The van der Waals surface area contributed by atoms with Gasteiger partial charge in [0, 0.05) is 25.0 Å². The van der Waals surface area contributed by atoms with E-state index in [-0.39, 0.29) is 0 Å². The largest absolute Gasteiger partial charge is 0.384 e. The third-order valence-corrected chi connectivity index (χ3v) is 3.92. The molecule has 0 amide bonds. The van der Waals surface area contributed by atoms with E-state index in [4.69, 9.17) is 0 Å². The summed E-state index contributed by atoms with van der Waals surface area (Å²) in [5.41, 5.74) is 4.92. The molecule has 5 nitrogen and oxygen atoms in total. The highest BCUT2D eigenvalue weighted by atomic mass is 15.3. The molecular formula is C16H17N5. The summed E-state index contributed by atoms with van der Waals surface area (Å²) >= 11 is 0. The Morgan fingerprint density at radius 1 is 1.10 bits per heavy atom. The van der Waals surface area contributed by atoms with Crippen molar-refractivity contribution in [2.75, 3.05) is 11.9 Å². The molecule has 1 aliphatic rings. The molecule has 4 rings (SSSR count). The Labute approximate surface area is 123 Å². The highest BCUT2D eigenvalue weighted by Gasteiger charge is 2.13. The molecule has 3 aromatic rings. The number of hydrogen-bond donors (Lipinski definition) is 2. The van der Waals surface area contributed by atoms with Crippen LogP contribution in [0.5, 0.6) is 0 Å². The smallest absolute Gasteiger partial charge is 0.160 e. The first kappa shape index (κ1) is 12.3. The summed E-state index contributed by atoms with van der Waals surface area (Å²) in [5.74, 6) is 0.936. The molecule has 21 heavy (non-hydrogen) atoms. The number of aromatic nitrogens is 3. The Bertz CT molecular complexity index is 777. The predicted octanol–water partition coefficient (Wildman–Crippen LogP) is 1.99. The molecule has 106 valence electrons. The van der Waals surface area contributed by atoms with Gasteiger partial charge in [-0.1, -0.05) is 24.3 Å². The monoisotopic (exact) mass is 279 g/mol. The fourth-order valence-electron chi connectivity index (χ4n) is 2.88. The van der Waals surface area contributed by atoms with Gasteiger partial charge < -0.3 is 10.6 Å². The summed E-state index contributed by atoms with van der Waals surface area (Å²) in [5, 5.41) is 15.3. The zero-order valence-electron chi connectivity index (χ0n) is 11.7. The number of benzene rings is 1. The van der Waals surface area contributed by atoms with E-state index in [1.54, 1.807) is 0 Å². The standard InChI is InChI=1S/C16H17N5/c1-2-9-21-14(6-1)19-20-15(21)11-17-10-13-5-3-4-12-7-8-18-16(12)13/h1-6,9,17-18H,7-8,10-11H2. The molecule has 2 aromatic heterocycles. The lowest BCUT2D eigenvalue weighted by Gasteiger charge is -2.09. The minimum absolute atomic E-state index is 0.703. The molecule has 2 N–H and O–H groups in total. The van der Waals surface area contributed by atoms with Crippen LogP contribution in [0.1, 0.15) is 17.0 Å². The van der Waals surface area contributed by atoms with E-state index in [1.807, 2.05) is 28.8 Å². The molecule has 0 radical (unpaired) electrons. The Balaban J connectivity index is 1.47. The summed E-state index contributed by atoms with van der Waals surface area (Å²) in [4.78, 5) is 0. The lowest BCUT2D eigenvalue weighted by molar-refractivity contribution is 0.657. The van der Waals surface area contributed by atoms with Gasteiger partial charge in [-0.25, -0.2) is 0 Å². The molecule has 0 fully saturated rings. The summed E-state index contributed by atoms with van der Waals surface area (Å²) < 4.78 is 2.01. The van der Waals surface area contributed by atoms with E-state index in [0.717, 1.165) is 31.0 Å². The van der Waals surface area contributed by atoms with Crippen molar-refractivity contribution in [3.8, 4) is 0 Å². The summed E-state index contributed by atoms with van der Waals surface area (Å²) in [6.45, 7) is 2.58. The van der Waals surface area contributed by atoms with Gasteiger partial charge in [-0.3, -0.25) is 4.40 Å². The number of anilines is 1. The molecule has 3 heterocycles. The second-order valence-electron chi connectivity index (χ2n) is 5.28. The van der Waals surface area contributed by atoms with E-state index in [0.29, 0.717) is 6.54 Å². The Kier molecular flexibility index (Phi) is 3.05. The fourth-order valence-corrected chi connectivity index (χ4v) is 2.88. The lowest BCUT2D eigenvalue weighted by Crippen LogP contribution is -2.15. The molecule has 0 saturated carbocycles. The van der Waals surface area contributed by atoms with Crippen LogP contribution in [-0.2, 0) is 19.5 Å². The van der Waals surface area contributed by atoms with Crippen molar-refractivity contribution in [1.29, 1.82) is 0 Å². The van der Waals surface area contributed by atoms with E-state index in [1.165, 1.54) is 16.8 Å². The van der Waals surface area contributed by atoms with Crippen molar-refractivity contribution >= 4 is 11.3 Å². The van der Waals surface area contributed by atoms with Crippen molar-refractivity contribution in [1.82, 2.24) is 19.9 Å². The zero-order valence-corrected chi connectivity index (χ0v) is 11.7. The average Bonchev–Trinajstić information content (AvgIpc) is 3.15. The average molecular weight is 279 g/mol. The second kappa shape index (κ2) is 5.18. The van der Waals surface area contributed by atoms with Crippen LogP contribution in [-0.4, -0.2) is 21.1 Å². The van der Waals surface area contributed by atoms with Crippen LogP contribution in [0.3, 0.4) is 0 Å². The number of hydrogen-bond acceptors (Lipinski definition) is 4. The third-order valence-electron chi connectivity index (χ3n) is 3.92. The van der Waals surface area contributed by atoms with Gasteiger partial charge in [-0.2, -0.15) is 0 Å². The van der Waals surface area contributed by atoms with E-state index in [2.05, 4.69) is 39.0 Å². The van der Waals surface area contributed by atoms with Gasteiger partial charge >= 0.3 is 0 Å². The van der Waals surface area contributed by atoms with E-state index < -0.39 is 0 Å². The minimum Gasteiger partial charge on any atom is -0.384 e. The molecule has 0 atom stereocenters. The molecule has 0 bridgehead atoms. The second-order valence-corrected chi connectivity index (χ2v) is 5.28. The van der Waals surface area contributed by atoms with Gasteiger partial charge in [0.2, 0.25) is 0 Å². The Morgan fingerprint density at radius 2 is 2.10 bits per heavy atom. The van der Waals surface area contributed by atoms with Gasteiger partial charge in [0.1, 0.15) is 0 Å². The van der Waals surface area contributed by atoms with Crippen molar-refractivity contribution in [2.24, 2.45) is 0 Å². The molecule has 1 aliphatic heterocycles. The van der Waals surface area contributed by atoms with Gasteiger partial charge in [0.15, 0.2) is 11.5 Å². The number of fused-ring (bicyclic) bond motifs is 2. The Morgan fingerprint density at radius 3 is 3.10 bits per heavy atom. The molecule has 1 aromatic carbocycles. The van der Waals surface area contributed by atoms with Gasteiger partial charge in [0.25, 0.3) is 0 Å². The highest BCUT2D eigenvalue weighted by Crippen LogP contribution is 2.26. The van der Waals surface area contributed by atoms with Crippen LogP contribution in [0, 0.1) is 0 Å². The van der Waals surface area contributed by atoms with E-state index in [9.17, 15) is 0 Å². The van der Waals surface area contributed by atoms with Crippen LogP contribution in [0.4, 0.5) is 5.69 Å².